The van der Waals surface area contributed by atoms with Crippen LogP contribution < -0.4 is 0 Å². The second-order valence-electron chi connectivity index (χ2n) is 5.06. The molecule has 1 aliphatic carbocycles. The molecule has 2 aromatic heterocycles. The minimum Gasteiger partial charge on any atom is -0.294 e. The fourth-order valence-corrected chi connectivity index (χ4v) is 2.76. The monoisotopic (exact) mass is 263 g/mol. The topological polar surface area (TPSA) is 47.3 Å². The fraction of sp³-hybridized carbons (Fsp3) is 0.188. The Hall–Kier alpha value is -2.49. The Morgan fingerprint density at radius 1 is 1.10 bits per heavy atom. The number of fused-ring (bicyclic) bond motifs is 3. The number of carbonyl (C=O) groups excluding carboxylic acids is 1. The van der Waals surface area contributed by atoms with Gasteiger partial charge in [-0.1, -0.05) is 30.3 Å². The van der Waals surface area contributed by atoms with E-state index >= 15 is 0 Å². The normalized spacial score (nSPS) is 14.5. The Bertz CT molecular complexity index is 805. The average Bonchev–Trinajstić information content (AvgIpc) is 2.93. The summed E-state index contributed by atoms with van der Waals surface area (Å²) in [6.07, 6.45) is 4.09. The van der Waals surface area contributed by atoms with Gasteiger partial charge >= 0.3 is 0 Å². The van der Waals surface area contributed by atoms with Crippen LogP contribution in [0.3, 0.4) is 0 Å². The SMILES string of the molecule is O=C1CCCc2c1cnc1cc(-c3ccccc3)nn21. The van der Waals surface area contributed by atoms with Gasteiger partial charge in [-0.15, -0.1) is 0 Å². The minimum atomic E-state index is 0.178. The van der Waals surface area contributed by atoms with Gasteiger partial charge in [0.15, 0.2) is 11.4 Å². The number of hydrogen-bond donors (Lipinski definition) is 0. The smallest absolute Gasteiger partial charge is 0.166 e. The molecular formula is C16H13N3O. The van der Waals surface area contributed by atoms with E-state index in [1.807, 2.05) is 40.9 Å². The Morgan fingerprint density at radius 3 is 2.80 bits per heavy atom. The lowest BCUT2D eigenvalue weighted by Gasteiger charge is -2.14. The zero-order valence-corrected chi connectivity index (χ0v) is 10.9. The number of rotatable bonds is 1. The van der Waals surface area contributed by atoms with Crippen molar-refractivity contribution in [1.29, 1.82) is 0 Å². The third kappa shape index (κ3) is 1.65. The second-order valence-corrected chi connectivity index (χ2v) is 5.06. The van der Waals surface area contributed by atoms with Crippen LogP contribution in [0.1, 0.15) is 28.9 Å². The van der Waals surface area contributed by atoms with Gasteiger partial charge < -0.3 is 0 Å². The molecule has 0 saturated carbocycles. The van der Waals surface area contributed by atoms with Crippen molar-refractivity contribution >= 4 is 11.4 Å². The van der Waals surface area contributed by atoms with Crippen molar-refractivity contribution in [1.82, 2.24) is 14.6 Å². The van der Waals surface area contributed by atoms with E-state index in [2.05, 4.69) is 10.1 Å². The fourth-order valence-electron chi connectivity index (χ4n) is 2.76. The zero-order valence-electron chi connectivity index (χ0n) is 10.9. The van der Waals surface area contributed by atoms with Crippen LogP contribution in [-0.4, -0.2) is 20.4 Å². The molecule has 0 radical (unpaired) electrons. The Kier molecular flexibility index (Phi) is 2.42. The van der Waals surface area contributed by atoms with Crippen molar-refractivity contribution in [2.24, 2.45) is 0 Å². The van der Waals surface area contributed by atoms with Crippen molar-refractivity contribution < 1.29 is 4.79 Å². The Balaban J connectivity index is 1.94. The molecule has 0 N–H and O–H groups in total. The molecule has 0 saturated heterocycles. The highest BCUT2D eigenvalue weighted by Crippen LogP contribution is 2.24. The number of benzene rings is 1. The van der Waals surface area contributed by atoms with Crippen LogP contribution in [0, 0.1) is 0 Å². The van der Waals surface area contributed by atoms with Gasteiger partial charge in [-0.25, -0.2) is 9.50 Å². The summed E-state index contributed by atoms with van der Waals surface area (Å²) in [7, 11) is 0. The van der Waals surface area contributed by atoms with Crippen molar-refractivity contribution in [3.8, 4) is 11.3 Å². The summed E-state index contributed by atoms with van der Waals surface area (Å²) < 4.78 is 1.83. The first-order valence-corrected chi connectivity index (χ1v) is 6.79. The number of aryl methyl sites for hydroxylation is 1. The van der Waals surface area contributed by atoms with E-state index in [1.165, 1.54) is 0 Å². The van der Waals surface area contributed by atoms with Gasteiger partial charge in [-0.3, -0.25) is 4.79 Å². The van der Waals surface area contributed by atoms with Crippen LogP contribution >= 0.6 is 0 Å². The molecule has 4 heteroatoms. The third-order valence-electron chi connectivity index (χ3n) is 3.77. The highest BCUT2D eigenvalue weighted by molar-refractivity contribution is 5.98. The van der Waals surface area contributed by atoms with E-state index in [0.29, 0.717) is 6.42 Å². The van der Waals surface area contributed by atoms with E-state index in [4.69, 9.17) is 0 Å². The molecule has 4 nitrogen and oxygen atoms in total. The van der Waals surface area contributed by atoms with Gasteiger partial charge in [0, 0.05) is 24.2 Å². The van der Waals surface area contributed by atoms with E-state index < -0.39 is 0 Å². The first-order valence-electron chi connectivity index (χ1n) is 6.79. The van der Waals surface area contributed by atoms with Crippen molar-refractivity contribution in [3.05, 3.63) is 53.9 Å². The van der Waals surface area contributed by atoms with E-state index in [1.54, 1.807) is 6.20 Å². The van der Waals surface area contributed by atoms with Crippen LogP contribution in [-0.2, 0) is 6.42 Å². The molecule has 0 spiro atoms. The quantitative estimate of drug-likeness (QED) is 0.678. The largest absolute Gasteiger partial charge is 0.294 e. The molecule has 98 valence electrons. The minimum absolute atomic E-state index is 0.178. The molecule has 4 rings (SSSR count). The lowest BCUT2D eigenvalue weighted by Crippen LogP contribution is -2.16. The van der Waals surface area contributed by atoms with Crippen LogP contribution in [0.15, 0.2) is 42.6 Å². The van der Waals surface area contributed by atoms with Gasteiger partial charge in [0.25, 0.3) is 0 Å². The van der Waals surface area contributed by atoms with Crippen LogP contribution in [0.25, 0.3) is 16.9 Å². The number of hydrogen-bond acceptors (Lipinski definition) is 3. The first-order chi connectivity index (χ1) is 9.83. The molecule has 0 fully saturated rings. The van der Waals surface area contributed by atoms with E-state index in [0.717, 1.165) is 41.0 Å². The number of nitrogens with zero attached hydrogens (tertiary/aromatic N) is 3. The molecule has 0 bridgehead atoms. The summed E-state index contributed by atoms with van der Waals surface area (Å²) in [5.41, 5.74) is 4.48. The van der Waals surface area contributed by atoms with Crippen molar-refractivity contribution in [2.45, 2.75) is 19.3 Å². The standard InChI is InChI=1S/C16H13N3O/c20-15-8-4-7-14-12(15)10-17-16-9-13(18-19(14)16)11-5-2-1-3-6-11/h1-3,5-6,9-10H,4,7-8H2. The van der Waals surface area contributed by atoms with Gasteiger partial charge in [-0.05, 0) is 12.8 Å². The number of carbonyl (C=O) groups is 1. The summed E-state index contributed by atoms with van der Waals surface area (Å²) in [6.45, 7) is 0. The van der Waals surface area contributed by atoms with E-state index in [-0.39, 0.29) is 5.78 Å². The summed E-state index contributed by atoms with van der Waals surface area (Å²) in [5.74, 6) is 0.178. The highest BCUT2D eigenvalue weighted by Gasteiger charge is 2.21. The molecule has 3 aromatic rings. The number of Topliss-reactive ketones (excluding diaryl/α,β-unsaturated/α-hetero) is 1. The predicted molar refractivity (Wildman–Crippen MR) is 75.7 cm³/mol. The van der Waals surface area contributed by atoms with Gasteiger partial charge in [0.1, 0.15) is 0 Å². The molecule has 20 heavy (non-hydrogen) atoms. The van der Waals surface area contributed by atoms with Gasteiger partial charge in [-0.2, -0.15) is 5.10 Å². The molecule has 0 atom stereocenters. The second kappa shape index (κ2) is 4.27. The molecule has 0 aliphatic heterocycles. The van der Waals surface area contributed by atoms with Gasteiger partial charge in [0.05, 0.1) is 17.0 Å². The molecule has 0 unspecified atom stereocenters. The summed E-state index contributed by atoms with van der Waals surface area (Å²) in [6, 6.07) is 12.0. The lowest BCUT2D eigenvalue weighted by atomic mass is 9.96. The summed E-state index contributed by atoms with van der Waals surface area (Å²) in [4.78, 5) is 16.3. The van der Waals surface area contributed by atoms with Crippen LogP contribution in [0.4, 0.5) is 0 Å². The molecule has 2 heterocycles. The third-order valence-corrected chi connectivity index (χ3v) is 3.77. The van der Waals surface area contributed by atoms with Crippen molar-refractivity contribution in [2.75, 3.05) is 0 Å². The van der Waals surface area contributed by atoms with Crippen LogP contribution in [0.2, 0.25) is 0 Å². The molecular weight excluding hydrogens is 250 g/mol. The van der Waals surface area contributed by atoms with Crippen LogP contribution in [0.5, 0.6) is 0 Å². The lowest BCUT2D eigenvalue weighted by molar-refractivity contribution is 0.0970. The number of ketones is 1. The maximum Gasteiger partial charge on any atom is 0.166 e. The van der Waals surface area contributed by atoms with E-state index in [9.17, 15) is 4.79 Å². The predicted octanol–water partition coefficient (Wildman–Crippen LogP) is 2.92. The highest BCUT2D eigenvalue weighted by atomic mass is 16.1. The molecule has 1 aromatic carbocycles. The summed E-state index contributed by atoms with van der Waals surface area (Å²) in [5, 5.41) is 4.63. The average molecular weight is 263 g/mol. The first kappa shape index (κ1) is 11.3. The number of aromatic nitrogens is 3. The Morgan fingerprint density at radius 2 is 1.95 bits per heavy atom. The maximum absolute atomic E-state index is 11.9. The maximum atomic E-state index is 11.9. The zero-order chi connectivity index (χ0) is 13.5. The summed E-state index contributed by atoms with van der Waals surface area (Å²) >= 11 is 0. The van der Waals surface area contributed by atoms with Crippen molar-refractivity contribution in [3.63, 3.8) is 0 Å². The molecule has 0 amide bonds. The molecule has 1 aliphatic rings. The van der Waals surface area contributed by atoms with Gasteiger partial charge in [0.2, 0.25) is 0 Å². The Labute approximate surface area is 116 Å².